The molecule has 0 radical (unpaired) electrons. The molecule has 1 N–H and O–H groups in total. The molecule has 1 aliphatic rings. The first-order chi connectivity index (χ1) is 14.9. The number of para-hydroxylation sites is 1. The highest BCUT2D eigenvalue weighted by molar-refractivity contribution is 6.15. The van der Waals surface area contributed by atoms with Gasteiger partial charge in [0.25, 0.3) is 5.69 Å². The standard InChI is InChI=1S/C19H13FN6O5/c1-31-18(28)15-14(17(27)10-6-8-11(20)9-7-10)16(25-19(21-15)22-23-24-25)12-4-2-3-5-13(12)26(29)30/h2-9,16H,1H3,(H,21,22,24)/t16-/m0/s1. The Kier molecular flexibility index (Phi) is 4.95. The quantitative estimate of drug-likeness (QED) is 0.282. The number of aromatic nitrogens is 4. The maximum Gasteiger partial charge on any atom is 0.355 e. The van der Waals surface area contributed by atoms with E-state index < -0.39 is 28.5 Å². The summed E-state index contributed by atoms with van der Waals surface area (Å²) in [6, 6.07) is 9.15. The number of halogens is 1. The van der Waals surface area contributed by atoms with E-state index in [1.807, 2.05) is 0 Å². The zero-order valence-corrected chi connectivity index (χ0v) is 15.9. The molecule has 0 amide bonds. The third kappa shape index (κ3) is 3.39. The lowest BCUT2D eigenvalue weighted by atomic mass is 9.88. The van der Waals surface area contributed by atoms with Gasteiger partial charge >= 0.3 is 5.97 Å². The van der Waals surface area contributed by atoms with Crippen LogP contribution in [0.15, 0.2) is 59.8 Å². The van der Waals surface area contributed by atoms with Gasteiger partial charge in [0, 0.05) is 11.6 Å². The van der Waals surface area contributed by atoms with Gasteiger partial charge in [-0.05, 0) is 40.8 Å². The van der Waals surface area contributed by atoms with Crippen LogP contribution in [0, 0.1) is 15.9 Å². The van der Waals surface area contributed by atoms with Crippen molar-refractivity contribution in [1.82, 2.24) is 20.2 Å². The summed E-state index contributed by atoms with van der Waals surface area (Å²) < 4.78 is 19.3. The Hall–Kier alpha value is -4.48. The molecule has 0 aliphatic carbocycles. The fourth-order valence-corrected chi connectivity index (χ4v) is 3.32. The minimum absolute atomic E-state index is 0.0146. The number of nitrogens with one attached hydrogen (secondary N) is 1. The third-order valence-electron chi connectivity index (χ3n) is 4.69. The van der Waals surface area contributed by atoms with Gasteiger partial charge in [0.1, 0.15) is 17.6 Å². The van der Waals surface area contributed by atoms with E-state index in [4.69, 9.17) is 4.74 Å². The molecule has 0 spiro atoms. The molecule has 2 aromatic carbocycles. The van der Waals surface area contributed by atoms with Gasteiger partial charge in [-0.25, -0.2) is 9.18 Å². The molecular weight excluding hydrogens is 411 g/mol. The lowest BCUT2D eigenvalue weighted by Gasteiger charge is -2.27. The first kappa shape index (κ1) is 19.8. The number of hydrogen-bond acceptors (Lipinski definition) is 9. The number of anilines is 1. The highest BCUT2D eigenvalue weighted by Crippen LogP contribution is 2.39. The van der Waals surface area contributed by atoms with E-state index in [9.17, 15) is 24.1 Å². The number of benzene rings is 2. The predicted octanol–water partition coefficient (Wildman–Crippen LogP) is 2.05. The number of esters is 1. The van der Waals surface area contributed by atoms with Crippen LogP contribution < -0.4 is 5.32 Å². The molecule has 3 aromatic rings. The Labute approximate surface area is 173 Å². The van der Waals surface area contributed by atoms with Crippen molar-refractivity contribution in [1.29, 1.82) is 0 Å². The summed E-state index contributed by atoms with van der Waals surface area (Å²) in [6.07, 6.45) is 0. The van der Waals surface area contributed by atoms with Crippen molar-refractivity contribution >= 4 is 23.4 Å². The largest absolute Gasteiger partial charge is 0.464 e. The number of carbonyl (C=O) groups is 2. The minimum atomic E-state index is -1.22. The third-order valence-corrected chi connectivity index (χ3v) is 4.69. The fourth-order valence-electron chi connectivity index (χ4n) is 3.32. The Morgan fingerprint density at radius 2 is 1.90 bits per heavy atom. The molecule has 31 heavy (non-hydrogen) atoms. The van der Waals surface area contributed by atoms with E-state index in [2.05, 4.69) is 20.8 Å². The topological polar surface area (TPSA) is 142 Å². The van der Waals surface area contributed by atoms with Gasteiger partial charge < -0.3 is 10.1 Å². The summed E-state index contributed by atoms with van der Waals surface area (Å²) in [4.78, 5) is 37.0. The lowest BCUT2D eigenvalue weighted by Crippen LogP contribution is -2.33. The maximum absolute atomic E-state index is 13.5. The number of carbonyl (C=O) groups excluding carboxylic acids is 2. The molecule has 0 saturated heterocycles. The molecule has 11 nitrogen and oxygen atoms in total. The van der Waals surface area contributed by atoms with Crippen molar-refractivity contribution < 1.29 is 23.6 Å². The van der Waals surface area contributed by atoms with E-state index in [1.165, 1.54) is 30.3 Å². The second-order valence-corrected chi connectivity index (χ2v) is 6.41. The highest BCUT2D eigenvalue weighted by atomic mass is 19.1. The number of ketones is 1. The van der Waals surface area contributed by atoms with Crippen molar-refractivity contribution in [3.63, 3.8) is 0 Å². The van der Waals surface area contributed by atoms with Crippen LogP contribution in [0.3, 0.4) is 0 Å². The number of hydrogen-bond donors (Lipinski definition) is 1. The van der Waals surface area contributed by atoms with E-state index >= 15 is 0 Å². The number of ether oxygens (including phenoxy) is 1. The number of Topliss-reactive ketones (excluding diaryl/α,β-unsaturated/α-hetero) is 1. The molecule has 4 rings (SSSR count). The molecular formula is C19H13FN6O5. The average molecular weight is 424 g/mol. The van der Waals surface area contributed by atoms with Crippen molar-refractivity contribution in [2.24, 2.45) is 0 Å². The van der Waals surface area contributed by atoms with Gasteiger partial charge in [-0.15, -0.1) is 0 Å². The summed E-state index contributed by atoms with van der Waals surface area (Å²) in [5.41, 5.74) is -0.631. The van der Waals surface area contributed by atoms with Crippen molar-refractivity contribution in [2.75, 3.05) is 12.4 Å². The summed E-state index contributed by atoms with van der Waals surface area (Å²) in [7, 11) is 1.12. The van der Waals surface area contributed by atoms with Crippen molar-refractivity contribution in [3.05, 3.63) is 86.9 Å². The maximum atomic E-state index is 13.5. The Morgan fingerprint density at radius 1 is 1.19 bits per heavy atom. The molecule has 1 atom stereocenters. The van der Waals surface area contributed by atoms with Crippen LogP contribution in [0.25, 0.3) is 0 Å². The summed E-state index contributed by atoms with van der Waals surface area (Å²) in [5, 5.41) is 25.5. The first-order valence-corrected chi connectivity index (χ1v) is 8.83. The zero-order valence-electron chi connectivity index (χ0n) is 15.9. The van der Waals surface area contributed by atoms with Crippen LogP contribution in [0.1, 0.15) is 22.0 Å². The van der Waals surface area contributed by atoms with Crippen LogP contribution in [-0.2, 0) is 9.53 Å². The smallest absolute Gasteiger partial charge is 0.355 e. The van der Waals surface area contributed by atoms with Gasteiger partial charge in [-0.1, -0.05) is 17.2 Å². The first-order valence-electron chi connectivity index (χ1n) is 8.83. The van der Waals surface area contributed by atoms with Crippen LogP contribution >= 0.6 is 0 Å². The van der Waals surface area contributed by atoms with Crippen LogP contribution in [0.5, 0.6) is 0 Å². The van der Waals surface area contributed by atoms with E-state index in [-0.39, 0.29) is 34.0 Å². The molecule has 0 bridgehead atoms. The van der Waals surface area contributed by atoms with E-state index in [0.717, 1.165) is 23.9 Å². The molecule has 1 aliphatic heterocycles. The Bertz CT molecular complexity index is 1240. The van der Waals surface area contributed by atoms with Gasteiger partial charge in [-0.3, -0.25) is 14.9 Å². The molecule has 0 unspecified atom stereocenters. The Balaban J connectivity index is 2.00. The summed E-state index contributed by atoms with van der Waals surface area (Å²) >= 11 is 0. The van der Waals surface area contributed by atoms with Gasteiger partial charge in [-0.2, -0.15) is 4.68 Å². The number of nitro benzene ring substituents is 1. The number of nitrogens with zero attached hydrogens (tertiary/aromatic N) is 5. The fraction of sp³-hybridized carbons (Fsp3) is 0.105. The summed E-state index contributed by atoms with van der Waals surface area (Å²) in [6.45, 7) is 0. The van der Waals surface area contributed by atoms with Crippen LogP contribution in [0.4, 0.5) is 16.0 Å². The van der Waals surface area contributed by atoms with Gasteiger partial charge in [0.15, 0.2) is 5.78 Å². The van der Waals surface area contributed by atoms with Crippen molar-refractivity contribution in [2.45, 2.75) is 6.04 Å². The highest BCUT2D eigenvalue weighted by Gasteiger charge is 2.41. The van der Waals surface area contributed by atoms with Gasteiger partial charge in [0.05, 0.1) is 23.2 Å². The average Bonchev–Trinajstić information content (AvgIpc) is 3.25. The second-order valence-electron chi connectivity index (χ2n) is 6.41. The predicted molar refractivity (Wildman–Crippen MR) is 102 cm³/mol. The molecule has 12 heteroatoms. The number of allylic oxidation sites excluding steroid dienone is 1. The number of tetrazole rings is 1. The number of fused-ring (bicyclic) bond motifs is 1. The van der Waals surface area contributed by atoms with Crippen LogP contribution in [0.2, 0.25) is 0 Å². The van der Waals surface area contributed by atoms with E-state index in [0.29, 0.717) is 0 Å². The van der Waals surface area contributed by atoms with Crippen molar-refractivity contribution in [3.8, 4) is 0 Å². The SMILES string of the molecule is COC(=O)C1=C(C(=O)c2ccc(F)cc2)[C@H](c2ccccc2[N+](=O)[O-])n2nnnc2N1. The number of methoxy groups -OCH3 is 1. The number of nitro groups is 1. The van der Waals surface area contributed by atoms with E-state index in [1.54, 1.807) is 6.07 Å². The molecule has 156 valence electrons. The summed E-state index contributed by atoms with van der Waals surface area (Å²) in [5.74, 6) is -2.15. The Morgan fingerprint density at radius 3 is 2.58 bits per heavy atom. The molecule has 0 fully saturated rings. The minimum Gasteiger partial charge on any atom is -0.464 e. The van der Waals surface area contributed by atoms with Gasteiger partial charge in [0.2, 0.25) is 5.95 Å². The molecule has 0 saturated carbocycles. The molecule has 2 heterocycles. The monoisotopic (exact) mass is 424 g/mol. The lowest BCUT2D eigenvalue weighted by molar-refractivity contribution is -0.385. The molecule has 1 aromatic heterocycles. The second kappa shape index (κ2) is 7.74. The normalized spacial score (nSPS) is 15.1. The number of rotatable bonds is 5. The zero-order chi connectivity index (χ0) is 22.1. The van der Waals surface area contributed by atoms with Crippen LogP contribution in [-0.4, -0.2) is 44.0 Å².